The lowest BCUT2D eigenvalue weighted by Gasteiger charge is -2.10. The van der Waals surface area contributed by atoms with Crippen LogP contribution in [0.25, 0.3) is 0 Å². The van der Waals surface area contributed by atoms with Gasteiger partial charge in [-0.25, -0.2) is 8.78 Å². The van der Waals surface area contributed by atoms with E-state index in [1.807, 2.05) is 0 Å². The molecule has 0 spiro atoms. The van der Waals surface area contributed by atoms with E-state index in [2.05, 4.69) is 31.3 Å². The first kappa shape index (κ1) is 11.2. The third-order valence-corrected chi connectivity index (χ3v) is 2.68. The number of aliphatic hydroxyl groups is 1. The third-order valence-electron chi connectivity index (χ3n) is 2.07. The monoisotopic (exact) mass is 289 g/mol. The van der Waals surface area contributed by atoms with Gasteiger partial charge in [-0.15, -0.1) is 0 Å². The van der Waals surface area contributed by atoms with Crippen molar-refractivity contribution in [3.63, 3.8) is 0 Å². The van der Waals surface area contributed by atoms with Crippen molar-refractivity contribution >= 4 is 15.9 Å². The lowest BCUT2D eigenvalue weighted by molar-refractivity contribution is 0.204. The highest BCUT2D eigenvalue weighted by atomic mass is 79.9. The Kier molecular flexibility index (Phi) is 2.97. The van der Waals surface area contributed by atoms with Gasteiger partial charge in [0.05, 0.1) is 16.2 Å². The number of nitrogens with zero attached hydrogens (tertiary/aromatic N) is 2. The molecule has 84 valence electrons. The van der Waals surface area contributed by atoms with Crippen LogP contribution >= 0.6 is 15.9 Å². The van der Waals surface area contributed by atoms with Crippen LogP contribution in [-0.4, -0.2) is 20.5 Å². The minimum atomic E-state index is -1.49. The summed E-state index contributed by atoms with van der Waals surface area (Å²) in [5.74, 6) is -1.69. The smallest absolute Gasteiger partial charge is 0.146 e. The van der Waals surface area contributed by atoms with Crippen molar-refractivity contribution in [2.45, 2.75) is 6.10 Å². The summed E-state index contributed by atoms with van der Waals surface area (Å²) in [5, 5.41) is 19.0. The van der Waals surface area contributed by atoms with Gasteiger partial charge in [-0.3, -0.25) is 0 Å². The Morgan fingerprint density at radius 1 is 1.38 bits per heavy atom. The molecule has 0 amide bonds. The van der Waals surface area contributed by atoms with Crippen LogP contribution in [0.15, 0.2) is 22.8 Å². The summed E-state index contributed by atoms with van der Waals surface area (Å²) in [6.07, 6.45) is -0.291. The van der Waals surface area contributed by atoms with Gasteiger partial charge in [0.15, 0.2) is 0 Å². The van der Waals surface area contributed by atoms with E-state index in [1.54, 1.807) is 0 Å². The summed E-state index contributed by atoms with van der Waals surface area (Å²) in [6.45, 7) is 0. The molecule has 7 heteroatoms. The Morgan fingerprint density at radius 3 is 2.75 bits per heavy atom. The number of hydrogen-bond donors (Lipinski definition) is 2. The second-order valence-electron chi connectivity index (χ2n) is 3.05. The van der Waals surface area contributed by atoms with Gasteiger partial charge in [-0.05, 0) is 28.1 Å². The van der Waals surface area contributed by atoms with E-state index in [4.69, 9.17) is 0 Å². The molecule has 0 aliphatic heterocycles. The Balaban J connectivity index is 2.52. The average Bonchev–Trinajstić information content (AvgIpc) is 2.77. The summed E-state index contributed by atoms with van der Waals surface area (Å²) < 4.78 is 27.1. The number of aromatic amines is 1. The summed E-state index contributed by atoms with van der Waals surface area (Å²) in [4.78, 5) is 0. The third kappa shape index (κ3) is 1.83. The number of benzene rings is 1. The van der Waals surface area contributed by atoms with E-state index in [0.717, 1.165) is 6.07 Å². The maximum atomic E-state index is 13.6. The van der Waals surface area contributed by atoms with Crippen LogP contribution in [0.3, 0.4) is 0 Å². The zero-order valence-corrected chi connectivity index (χ0v) is 9.37. The highest BCUT2D eigenvalue weighted by molar-refractivity contribution is 9.10. The number of nitrogens with one attached hydrogen (secondary N) is 1. The number of H-pyrrole nitrogens is 1. The van der Waals surface area contributed by atoms with Gasteiger partial charge >= 0.3 is 0 Å². The molecule has 0 radical (unpaired) electrons. The van der Waals surface area contributed by atoms with Gasteiger partial charge in [-0.1, -0.05) is 0 Å². The maximum Gasteiger partial charge on any atom is 0.146 e. The molecule has 4 nitrogen and oxygen atoms in total. The lowest BCUT2D eigenvalue weighted by atomic mass is 10.1. The van der Waals surface area contributed by atoms with Gasteiger partial charge in [-0.2, -0.15) is 15.4 Å². The lowest BCUT2D eigenvalue weighted by Crippen LogP contribution is -2.06. The molecule has 1 aromatic carbocycles. The number of rotatable bonds is 2. The molecule has 2 N–H and O–H groups in total. The Bertz CT molecular complexity index is 504. The highest BCUT2D eigenvalue weighted by Crippen LogP contribution is 2.29. The SMILES string of the molecule is OC(c1cn[nH]n1)c1c(F)ccc(Br)c1F. The van der Waals surface area contributed by atoms with Gasteiger partial charge < -0.3 is 5.11 Å². The maximum absolute atomic E-state index is 13.6. The van der Waals surface area contributed by atoms with Crippen LogP contribution in [0.4, 0.5) is 8.78 Å². The van der Waals surface area contributed by atoms with E-state index >= 15 is 0 Å². The van der Waals surface area contributed by atoms with Crippen molar-refractivity contribution in [3.8, 4) is 0 Å². The molecule has 1 heterocycles. The van der Waals surface area contributed by atoms with Crippen molar-refractivity contribution in [1.29, 1.82) is 0 Å². The Morgan fingerprint density at radius 2 is 2.12 bits per heavy atom. The summed E-state index contributed by atoms with van der Waals surface area (Å²) in [6, 6.07) is 2.29. The van der Waals surface area contributed by atoms with Crippen LogP contribution < -0.4 is 0 Å². The zero-order valence-electron chi connectivity index (χ0n) is 7.78. The fourth-order valence-electron chi connectivity index (χ4n) is 1.28. The zero-order chi connectivity index (χ0) is 11.7. The Labute approximate surface area is 97.4 Å². The normalized spacial score (nSPS) is 12.8. The molecule has 0 aliphatic rings. The van der Waals surface area contributed by atoms with Crippen molar-refractivity contribution in [2.75, 3.05) is 0 Å². The van der Waals surface area contributed by atoms with Crippen LogP contribution in [0.2, 0.25) is 0 Å². The topological polar surface area (TPSA) is 61.8 Å². The number of halogens is 3. The van der Waals surface area contributed by atoms with Crippen molar-refractivity contribution in [1.82, 2.24) is 15.4 Å². The minimum absolute atomic E-state index is 0.0518. The largest absolute Gasteiger partial charge is 0.382 e. The minimum Gasteiger partial charge on any atom is -0.382 e. The van der Waals surface area contributed by atoms with Gasteiger partial charge in [0, 0.05) is 0 Å². The van der Waals surface area contributed by atoms with E-state index in [1.165, 1.54) is 12.3 Å². The molecule has 0 aliphatic carbocycles. The molecule has 2 aromatic rings. The van der Waals surface area contributed by atoms with Gasteiger partial charge in [0.1, 0.15) is 23.4 Å². The average molecular weight is 290 g/mol. The van der Waals surface area contributed by atoms with E-state index < -0.39 is 23.3 Å². The molecular formula is C9H6BrF2N3O. The standard InChI is InChI=1S/C9H6BrF2N3O/c10-4-1-2-5(11)7(8(4)12)9(16)6-3-13-15-14-6/h1-3,9,16H,(H,13,14,15). The van der Waals surface area contributed by atoms with E-state index in [-0.39, 0.29) is 10.2 Å². The Hall–Kier alpha value is -1.34. The predicted molar refractivity (Wildman–Crippen MR) is 54.5 cm³/mol. The quantitative estimate of drug-likeness (QED) is 0.831. The number of aliphatic hydroxyl groups excluding tert-OH is 1. The highest BCUT2D eigenvalue weighted by Gasteiger charge is 2.23. The first-order chi connectivity index (χ1) is 7.61. The summed E-state index contributed by atoms with van der Waals surface area (Å²) >= 11 is 2.92. The van der Waals surface area contributed by atoms with Crippen molar-refractivity contribution in [2.24, 2.45) is 0 Å². The first-order valence-corrected chi connectivity index (χ1v) is 5.07. The molecule has 0 bridgehead atoms. The van der Waals surface area contributed by atoms with Crippen LogP contribution in [0.5, 0.6) is 0 Å². The van der Waals surface area contributed by atoms with Gasteiger partial charge in [0.25, 0.3) is 0 Å². The second kappa shape index (κ2) is 4.26. The number of aromatic nitrogens is 3. The molecular weight excluding hydrogens is 284 g/mol. The predicted octanol–water partition coefficient (Wildman–Crippen LogP) is 1.93. The van der Waals surface area contributed by atoms with Crippen LogP contribution in [0.1, 0.15) is 17.4 Å². The summed E-state index contributed by atoms with van der Waals surface area (Å²) in [5.41, 5.74) is -0.404. The van der Waals surface area contributed by atoms with E-state index in [9.17, 15) is 13.9 Å². The first-order valence-electron chi connectivity index (χ1n) is 4.28. The van der Waals surface area contributed by atoms with Crippen molar-refractivity contribution in [3.05, 3.63) is 45.7 Å². The van der Waals surface area contributed by atoms with Gasteiger partial charge in [0.2, 0.25) is 0 Å². The molecule has 1 aromatic heterocycles. The molecule has 1 atom stereocenters. The van der Waals surface area contributed by atoms with Crippen LogP contribution in [0, 0.1) is 11.6 Å². The molecule has 0 saturated heterocycles. The molecule has 2 rings (SSSR count). The van der Waals surface area contributed by atoms with Crippen molar-refractivity contribution < 1.29 is 13.9 Å². The molecule has 1 unspecified atom stereocenters. The van der Waals surface area contributed by atoms with E-state index in [0.29, 0.717) is 0 Å². The van der Waals surface area contributed by atoms with Crippen LogP contribution in [-0.2, 0) is 0 Å². The second-order valence-corrected chi connectivity index (χ2v) is 3.91. The fraction of sp³-hybridized carbons (Fsp3) is 0.111. The molecule has 16 heavy (non-hydrogen) atoms. The molecule has 0 fully saturated rings. The fourth-order valence-corrected chi connectivity index (χ4v) is 1.63. The number of hydrogen-bond acceptors (Lipinski definition) is 3. The molecule has 0 saturated carbocycles. The summed E-state index contributed by atoms with van der Waals surface area (Å²) in [7, 11) is 0.